The van der Waals surface area contributed by atoms with Crippen LogP contribution < -0.4 is 5.32 Å². The lowest BCUT2D eigenvalue weighted by Gasteiger charge is -2.47. The Morgan fingerprint density at radius 2 is 2.00 bits per heavy atom. The van der Waals surface area contributed by atoms with Gasteiger partial charge in [-0.2, -0.15) is 0 Å². The van der Waals surface area contributed by atoms with Crippen LogP contribution in [0.25, 0.3) is 0 Å². The SMILES string of the molecule is COCC1(N2CC3(CCNCC3)OCC2=O)CC1.Cl. The van der Waals surface area contributed by atoms with Crippen molar-refractivity contribution in [1.29, 1.82) is 0 Å². The maximum atomic E-state index is 12.1. The molecule has 2 aliphatic heterocycles. The molecule has 0 radical (unpaired) electrons. The summed E-state index contributed by atoms with van der Waals surface area (Å²) in [5.74, 6) is 0.133. The van der Waals surface area contributed by atoms with Crippen LogP contribution in [-0.4, -0.2) is 61.9 Å². The number of carbonyl (C=O) groups excluding carboxylic acids is 1. The smallest absolute Gasteiger partial charge is 0.249 e. The van der Waals surface area contributed by atoms with Crippen molar-refractivity contribution in [2.24, 2.45) is 0 Å². The number of hydrogen-bond donors (Lipinski definition) is 1. The van der Waals surface area contributed by atoms with Crippen molar-refractivity contribution in [3.63, 3.8) is 0 Å². The van der Waals surface area contributed by atoms with Crippen LogP contribution in [0, 0.1) is 0 Å². The molecule has 3 aliphatic rings. The highest BCUT2D eigenvalue weighted by atomic mass is 35.5. The molecule has 0 bridgehead atoms. The largest absolute Gasteiger partial charge is 0.382 e. The Bertz CT molecular complexity index is 341. The first-order valence-corrected chi connectivity index (χ1v) is 6.84. The van der Waals surface area contributed by atoms with Gasteiger partial charge in [-0.3, -0.25) is 4.79 Å². The minimum absolute atomic E-state index is 0. The highest BCUT2D eigenvalue weighted by Crippen LogP contribution is 2.45. The molecule has 0 aromatic heterocycles. The number of halogens is 1. The number of ether oxygens (including phenoxy) is 2. The highest BCUT2D eigenvalue weighted by molar-refractivity contribution is 5.85. The van der Waals surface area contributed by atoms with E-state index in [-0.39, 0.29) is 36.1 Å². The van der Waals surface area contributed by atoms with E-state index in [1.807, 2.05) is 4.90 Å². The van der Waals surface area contributed by atoms with E-state index < -0.39 is 0 Å². The molecular formula is C13H23ClN2O3. The average molecular weight is 291 g/mol. The Morgan fingerprint density at radius 1 is 1.32 bits per heavy atom. The van der Waals surface area contributed by atoms with E-state index in [0.717, 1.165) is 45.3 Å². The fourth-order valence-corrected chi connectivity index (χ4v) is 3.24. The van der Waals surface area contributed by atoms with Crippen molar-refractivity contribution in [3.05, 3.63) is 0 Å². The zero-order valence-corrected chi connectivity index (χ0v) is 12.3. The van der Waals surface area contributed by atoms with Gasteiger partial charge in [-0.15, -0.1) is 12.4 Å². The molecule has 5 nitrogen and oxygen atoms in total. The summed E-state index contributed by atoms with van der Waals surface area (Å²) in [6.45, 7) is 3.62. The van der Waals surface area contributed by atoms with Crippen LogP contribution in [-0.2, 0) is 14.3 Å². The van der Waals surface area contributed by atoms with E-state index in [4.69, 9.17) is 9.47 Å². The van der Waals surface area contributed by atoms with Gasteiger partial charge in [0.1, 0.15) is 6.61 Å². The van der Waals surface area contributed by atoms with E-state index in [9.17, 15) is 4.79 Å². The molecule has 2 heterocycles. The second-order valence-electron chi connectivity index (χ2n) is 5.86. The molecule has 19 heavy (non-hydrogen) atoms. The number of carbonyl (C=O) groups is 1. The highest BCUT2D eigenvalue weighted by Gasteiger charge is 2.54. The molecule has 0 atom stereocenters. The van der Waals surface area contributed by atoms with Crippen molar-refractivity contribution in [3.8, 4) is 0 Å². The average Bonchev–Trinajstić information content (AvgIpc) is 3.15. The van der Waals surface area contributed by atoms with Crippen molar-refractivity contribution in [1.82, 2.24) is 10.2 Å². The first kappa shape index (κ1) is 15.0. The third-order valence-corrected chi connectivity index (χ3v) is 4.58. The molecule has 3 fully saturated rings. The zero-order valence-electron chi connectivity index (χ0n) is 11.4. The number of piperidine rings is 1. The zero-order chi connectivity index (χ0) is 12.6. The molecule has 1 saturated carbocycles. The summed E-state index contributed by atoms with van der Waals surface area (Å²) in [5.41, 5.74) is -0.129. The van der Waals surface area contributed by atoms with Gasteiger partial charge in [0.15, 0.2) is 0 Å². The van der Waals surface area contributed by atoms with Gasteiger partial charge in [0.25, 0.3) is 0 Å². The molecule has 0 aromatic carbocycles. The van der Waals surface area contributed by atoms with E-state index >= 15 is 0 Å². The lowest BCUT2D eigenvalue weighted by molar-refractivity contribution is -0.175. The van der Waals surface area contributed by atoms with Gasteiger partial charge in [-0.05, 0) is 38.8 Å². The maximum Gasteiger partial charge on any atom is 0.249 e. The molecule has 1 aliphatic carbocycles. The first-order valence-electron chi connectivity index (χ1n) is 6.84. The molecule has 0 aromatic rings. The van der Waals surface area contributed by atoms with Crippen LogP contribution in [0.1, 0.15) is 25.7 Å². The number of morpholine rings is 1. The van der Waals surface area contributed by atoms with Crippen molar-refractivity contribution >= 4 is 18.3 Å². The molecule has 1 spiro atoms. The van der Waals surface area contributed by atoms with Crippen LogP contribution in [0.15, 0.2) is 0 Å². The van der Waals surface area contributed by atoms with Crippen molar-refractivity contribution in [2.45, 2.75) is 36.8 Å². The number of rotatable bonds is 3. The first-order chi connectivity index (χ1) is 8.70. The van der Waals surface area contributed by atoms with E-state index in [1.165, 1.54) is 0 Å². The van der Waals surface area contributed by atoms with Gasteiger partial charge in [0, 0.05) is 7.11 Å². The van der Waals surface area contributed by atoms with Crippen LogP contribution >= 0.6 is 12.4 Å². The number of methoxy groups -OCH3 is 1. The van der Waals surface area contributed by atoms with Gasteiger partial charge < -0.3 is 19.7 Å². The molecule has 110 valence electrons. The maximum absolute atomic E-state index is 12.1. The molecule has 1 amide bonds. The number of nitrogens with one attached hydrogen (secondary N) is 1. The summed E-state index contributed by atoms with van der Waals surface area (Å²) in [5, 5.41) is 3.35. The normalized spacial score (nSPS) is 28.1. The predicted octanol–water partition coefficient (Wildman–Crippen LogP) is 0.568. The Balaban J connectivity index is 0.00000133. The number of nitrogens with zero attached hydrogens (tertiary/aromatic N) is 1. The van der Waals surface area contributed by atoms with Gasteiger partial charge in [0.2, 0.25) is 5.91 Å². The van der Waals surface area contributed by atoms with Gasteiger partial charge in [-0.25, -0.2) is 0 Å². The molecule has 2 saturated heterocycles. The van der Waals surface area contributed by atoms with Crippen LogP contribution in [0.5, 0.6) is 0 Å². The second kappa shape index (κ2) is 5.56. The summed E-state index contributed by atoms with van der Waals surface area (Å²) in [6, 6.07) is 0. The monoisotopic (exact) mass is 290 g/mol. The molecular weight excluding hydrogens is 268 g/mol. The van der Waals surface area contributed by atoms with E-state index in [0.29, 0.717) is 6.61 Å². The standard InChI is InChI=1S/C13H22N2O3.ClH/c1-17-10-12(2-3-12)15-9-13(18-8-11(15)16)4-6-14-7-5-13;/h14H,2-10H2,1H3;1H. The van der Waals surface area contributed by atoms with Gasteiger partial charge >= 0.3 is 0 Å². The Kier molecular flexibility index (Phi) is 4.40. The van der Waals surface area contributed by atoms with Crippen molar-refractivity contribution < 1.29 is 14.3 Å². The molecule has 0 unspecified atom stereocenters. The van der Waals surface area contributed by atoms with Crippen LogP contribution in [0.2, 0.25) is 0 Å². The quantitative estimate of drug-likeness (QED) is 0.826. The fraction of sp³-hybridized carbons (Fsp3) is 0.923. The van der Waals surface area contributed by atoms with Crippen molar-refractivity contribution in [2.75, 3.05) is 40.0 Å². The fourth-order valence-electron chi connectivity index (χ4n) is 3.24. The molecule has 3 rings (SSSR count). The number of amides is 1. The molecule has 1 N–H and O–H groups in total. The lowest BCUT2D eigenvalue weighted by atomic mass is 9.89. The summed E-state index contributed by atoms with van der Waals surface area (Å²) in [6.07, 6.45) is 4.14. The number of hydrogen-bond acceptors (Lipinski definition) is 4. The summed E-state index contributed by atoms with van der Waals surface area (Å²) >= 11 is 0. The predicted molar refractivity (Wildman–Crippen MR) is 73.6 cm³/mol. The minimum atomic E-state index is -0.109. The van der Waals surface area contributed by atoms with Gasteiger partial charge in [-0.1, -0.05) is 0 Å². The Labute approximate surface area is 120 Å². The lowest BCUT2D eigenvalue weighted by Crippen LogP contribution is -2.62. The third-order valence-electron chi connectivity index (χ3n) is 4.58. The summed E-state index contributed by atoms with van der Waals surface area (Å²) < 4.78 is 11.2. The summed E-state index contributed by atoms with van der Waals surface area (Å²) in [7, 11) is 1.71. The second-order valence-corrected chi connectivity index (χ2v) is 5.86. The van der Waals surface area contributed by atoms with E-state index in [1.54, 1.807) is 7.11 Å². The molecule has 6 heteroatoms. The van der Waals surface area contributed by atoms with Crippen LogP contribution in [0.3, 0.4) is 0 Å². The Morgan fingerprint density at radius 3 is 2.58 bits per heavy atom. The topological polar surface area (TPSA) is 50.8 Å². The van der Waals surface area contributed by atoms with Crippen LogP contribution in [0.4, 0.5) is 0 Å². The summed E-state index contributed by atoms with van der Waals surface area (Å²) in [4.78, 5) is 14.2. The minimum Gasteiger partial charge on any atom is -0.382 e. The van der Waals surface area contributed by atoms with Gasteiger partial charge in [0.05, 0.1) is 24.3 Å². The Hall–Kier alpha value is -0.360. The third kappa shape index (κ3) is 2.75. The van der Waals surface area contributed by atoms with E-state index in [2.05, 4.69) is 5.32 Å².